The number of aldehydes is 1. The lowest BCUT2D eigenvalue weighted by molar-refractivity contribution is -0.137. The zero-order chi connectivity index (χ0) is 20.6. The molecular formula is C18H20ClF3N4O2. The number of hydrogen-bond acceptors (Lipinski definition) is 6. The first-order valence-corrected chi connectivity index (χ1v) is 8.97. The normalized spacial score (nSPS) is 11.3. The van der Waals surface area contributed by atoms with E-state index in [0.717, 1.165) is 11.6 Å². The average molecular weight is 417 g/mol. The number of carbonyl (C=O) groups is 1. The Morgan fingerprint density at radius 1 is 1.29 bits per heavy atom. The van der Waals surface area contributed by atoms with Crippen LogP contribution >= 0.6 is 11.6 Å². The van der Waals surface area contributed by atoms with Crippen LogP contribution in [-0.2, 0) is 12.7 Å². The van der Waals surface area contributed by atoms with E-state index in [2.05, 4.69) is 20.6 Å². The highest BCUT2D eigenvalue weighted by Gasteiger charge is 2.31. The molecule has 2 N–H and O–H groups in total. The molecule has 0 spiro atoms. The van der Waals surface area contributed by atoms with E-state index in [1.54, 1.807) is 6.07 Å². The number of ether oxygens (including phenoxy) is 1. The van der Waals surface area contributed by atoms with Crippen molar-refractivity contribution in [1.29, 1.82) is 0 Å². The van der Waals surface area contributed by atoms with Gasteiger partial charge in [0.25, 0.3) is 0 Å². The largest absolute Gasteiger partial charge is 0.477 e. The van der Waals surface area contributed by atoms with Gasteiger partial charge in [0.1, 0.15) is 16.5 Å². The van der Waals surface area contributed by atoms with Crippen molar-refractivity contribution in [1.82, 2.24) is 15.3 Å². The highest BCUT2D eigenvalue weighted by atomic mass is 35.5. The van der Waals surface area contributed by atoms with Crippen molar-refractivity contribution in [2.75, 3.05) is 25.0 Å². The highest BCUT2D eigenvalue weighted by Crippen LogP contribution is 2.33. The number of carbonyl (C=O) groups excluding carboxylic acids is 1. The van der Waals surface area contributed by atoms with Gasteiger partial charge in [0.05, 0.1) is 12.2 Å². The second-order valence-corrected chi connectivity index (χ2v) is 6.23. The van der Waals surface area contributed by atoms with Crippen LogP contribution in [0.5, 0.6) is 5.88 Å². The van der Waals surface area contributed by atoms with E-state index < -0.39 is 11.7 Å². The molecule has 0 radical (unpaired) electrons. The predicted octanol–water partition coefficient (Wildman–Crippen LogP) is 3.95. The van der Waals surface area contributed by atoms with Crippen LogP contribution in [0.25, 0.3) is 0 Å². The molecule has 6 nitrogen and oxygen atoms in total. The van der Waals surface area contributed by atoms with Crippen LogP contribution < -0.4 is 15.4 Å². The lowest BCUT2D eigenvalue weighted by Crippen LogP contribution is -2.18. The molecule has 0 aliphatic carbocycles. The SMILES string of the molecule is CCNc1cc(CNCCCOc2ncc(C(F)(F)F)cc2Cl)cc(C=O)n1. The molecule has 2 heterocycles. The van der Waals surface area contributed by atoms with E-state index >= 15 is 0 Å². The third-order valence-corrected chi connectivity index (χ3v) is 3.85. The quantitative estimate of drug-likeness (QED) is 0.451. The first kappa shape index (κ1) is 21.9. The topological polar surface area (TPSA) is 76.1 Å². The van der Waals surface area contributed by atoms with Crippen molar-refractivity contribution in [3.05, 3.63) is 46.2 Å². The molecular weight excluding hydrogens is 397 g/mol. The summed E-state index contributed by atoms with van der Waals surface area (Å²) in [5.74, 6) is 0.602. The highest BCUT2D eigenvalue weighted by molar-refractivity contribution is 6.31. The van der Waals surface area contributed by atoms with Crippen LogP contribution in [0.2, 0.25) is 5.02 Å². The Morgan fingerprint density at radius 2 is 2.07 bits per heavy atom. The maximum absolute atomic E-state index is 12.6. The summed E-state index contributed by atoms with van der Waals surface area (Å²) in [6.07, 6.45) is -2.53. The van der Waals surface area contributed by atoms with Crippen LogP contribution in [0.15, 0.2) is 24.4 Å². The zero-order valence-corrected chi connectivity index (χ0v) is 15.9. The van der Waals surface area contributed by atoms with E-state index in [1.807, 2.05) is 13.0 Å². The molecule has 0 aliphatic rings. The number of nitrogens with zero attached hydrogens (tertiary/aromatic N) is 2. The lowest BCUT2D eigenvalue weighted by atomic mass is 10.2. The summed E-state index contributed by atoms with van der Waals surface area (Å²) < 4.78 is 43.0. The third-order valence-electron chi connectivity index (χ3n) is 3.58. The first-order chi connectivity index (χ1) is 13.3. The third kappa shape index (κ3) is 6.65. The minimum absolute atomic E-state index is 0.0327. The molecule has 0 atom stereocenters. The minimum atomic E-state index is -4.50. The minimum Gasteiger partial charge on any atom is -0.477 e. The molecule has 2 rings (SSSR count). The number of pyridine rings is 2. The van der Waals surface area contributed by atoms with Gasteiger partial charge in [-0.25, -0.2) is 9.97 Å². The van der Waals surface area contributed by atoms with Crippen molar-refractivity contribution in [3.8, 4) is 5.88 Å². The maximum atomic E-state index is 12.6. The van der Waals surface area contributed by atoms with Gasteiger partial charge in [-0.1, -0.05) is 11.6 Å². The Kier molecular flexibility index (Phi) is 8.01. The molecule has 0 aromatic carbocycles. The van der Waals surface area contributed by atoms with Crippen molar-refractivity contribution < 1.29 is 22.7 Å². The van der Waals surface area contributed by atoms with E-state index in [0.29, 0.717) is 50.0 Å². The number of alkyl halides is 3. The van der Waals surface area contributed by atoms with Gasteiger partial charge in [-0.3, -0.25) is 4.79 Å². The Labute approximate surface area is 165 Å². The fourth-order valence-electron chi connectivity index (χ4n) is 2.33. The molecule has 10 heteroatoms. The Hall–Kier alpha value is -2.39. The number of aromatic nitrogens is 2. The predicted molar refractivity (Wildman–Crippen MR) is 99.9 cm³/mol. The summed E-state index contributed by atoms with van der Waals surface area (Å²) >= 11 is 5.78. The Morgan fingerprint density at radius 3 is 2.71 bits per heavy atom. The molecule has 0 bridgehead atoms. The van der Waals surface area contributed by atoms with Gasteiger partial charge >= 0.3 is 6.18 Å². The van der Waals surface area contributed by atoms with Crippen LogP contribution in [0.4, 0.5) is 19.0 Å². The molecule has 0 fully saturated rings. The smallest absolute Gasteiger partial charge is 0.417 e. The van der Waals surface area contributed by atoms with Gasteiger partial charge < -0.3 is 15.4 Å². The second-order valence-electron chi connectivity index (χ2n) is 5.82. The fraction of sp³-hybridized carbons (Fsp3) is 0.389. The van der Waals surface area contributed by atoms with Crippen LogP contribution in [0.3, 0.4) is 0 Å². The molecule has 0 unspecified atom stereocenters. The summed E-state index contributed by atoms with van der Waals surface area (Å²) in [6.45, 7) is 3.99. The van der Waals surface area contributed by atoms with E-state index in [-0.39, 0.29) is 17.5 Å². The van der Waals surface area contributed by atoms with Crippen molar-refractivity contribution in [2.24, 2.45) is 0 Å². The number of anilines is 1. The maximum Gasteiger partial charge on any atom is 0.417 e. The Bertz CT molecular complexity index is 803. The van der Waals surface area contributed by atoms with Crippen molar-refractivity contribution >= 4 is 23.7 Å². The molecule has 2 aromatic heterocycles. The monoisotopic (exact) mass is 416 g/mol. The number of hydrogen-bond donors (Lipinski definition) is 2. The molecule has 28 heavy (non-hydrogen) atoms. The molecule has 152 valence electrons. The average Bonchev–Trinajstić information content (AvgIpc) is 2.64. The number of halogens is 4. The summed E-state index contributed by atoms with van der Waals surface area (Å²) in [5.41, 5.74) is 0.332. The van der Waals surface area contributed by atoms with Gasteiger partial charge in [0.15, 0.2) is 6.29 Å². The summed E-state index contributed by atoms with van der Waals surface area (Å²) in [4.78, 5) is 18.7. The first-order valence-electron chi connectivity index (χ1n) is 8.59. The molecule has 2 aromatic rings. The van der Waals surface area contributed by atoms with Crippen LogP contribution in [0, 0.1) is 0 Å². The van der Waals surface area contributed by atoms with Gasteiger partial charge in [-0.05, 0) is 43.7 Å². The van der Waals surface area contributed by atoms with Gasteiger partial charge in [0, 0.05) is 19.3 Å². The van der Waals surface area contributed by atoms with Gasteiger partial charge in [-0.15, -0.1) is 0 Å². The summed E-state index contributed by atoms with van der Waals surface area (Å²) in [6, 6.07) is 4.34. The van der Waals surface area contributed by atoms with Crippen LogP contribution in [0.1, 0.15) is 35.0 Å². The molecule has 0 aliphatic heterocycles. The zero-order valence-electron chi connectivity index (χ0n) is 15.1. The number of rotatable bonds is 10. The lowest BCUT2D eigenvalue weighted by Gasteiger charge is -2.11. The van der Waals surface area contributed by atoms with Gasteiger partial charge in [0.2, 0.25) is 5.88 Å². The molecule has 0 saturated carbocycles. The standard InChI is InChI=1S/C18H20ClF3N4O2/c1-2-24-16-7-12(6-14(11-27)26-16)9-23-4-3-5-28-17-15(19)8-13(10-25-17)18(20,21)22/h6-8,10-11,23H,2-5,9H2,1H3,(H,24,26). The van der Waals surface area contributed by atoms with E-state index in [9.17, 15) is 18.0 Å². The van der Waals surface area contributed by atoms with Crippen molar-refractivity contribution in [3.63, 3.8) is 0 Å². The molecule has 0 saturated heterocycles. The summed E-state index contributed by atoms with van der Waals surface area (Å²) in [5, 5.41) is 6.08. The van der Waals surface area contributed by atoms with Crippen molar-refractivity contribution in [2.45, 2.75) is 26.1 Å². The second kappa shape index (κ2) is 10.2. The Balaban J connectivity index is 1.77. The van der Waals surface area contributed by atoms with Crippen LogP contribution in [-0.4, -0.2) is 36.0 Å². The van der Waals surface area contributed by atoms with E-state index in [4.69, 9.17) is 16.3 Å². The van der Waals surface area contributed by atoms with Gasteiger partial charge in [-0.2, -0.15) is 13.2 Å². The summed E-state index contributed by atoms with van der Waals surface area (Å²) in [7, 11) is 0. The fourth-order valence-corrected chi connectivity index (χ4v) is 2.55. The molecule has 0 amide bonds. The van der Waals surface area contributed by atoms with E-state index in [1.165, 1.54) is 0 Å². The number of nitrogens with one attached hydrogen (secondary N) is 2.